The lowest BCUT2D eigenvalue weighted by Crippen LogP contribution is -2.48. The summed E-state index contributed by atoms with van der Waals surface area (Å²) >= 11 is 0. The standard InChI is InChI=1S/C12H17N3O2.ClH/c1-12(2,14)11(17)15-7-8-4-3-5-9(6-8)10(13)16;/h3-6H,7,14H2,1-2H3,(H2,13,16)(H,15,17);1H. The van der Waals surface area contributed by atoms with Crippen LogP contribution in [-0.2, 0) is 11.3 Å². The molecule has 0 saturated heterocycles. The number of hydrogen-bond acceptors (Lipinski definition) is 3. The maximum absolute atomic E-state index is 11.5. The number of carbonyl (C=O) groups is 2. The van der Waals surface area contributed by atoms with Crippen molar-refractivity contribution in [2.75, 3.05) is 0 Å². The highest BCUT2D eigenvalue weighted by atomic mass is 35.5. The topological polar surface area (TPSA) is 98.2 Å². The van der Waals surface area contributed by atoms with Crippen LogP contribution < -0.4 is 16.8 Å². The number of nitrogens with two attached hydrogens (primary N) is 2. The van der Waals surface area contributed by atoms with E-state index in [1.807, 2.05) is 0 Å². The minimum absolute atomic E-state index is 0. The van der Waals surface area contributed by atoms with Gasteiger partial charge in [-0.3, -0.25) is 9.59 Å². The lowest BCUT2D eigenvalue weighted by molar-refractivity contribution is -0.125. The quantitative estimate of drug-likeness (QED) is 0.746. The average Bonchev–Trinajstić information content (AvgIpc) is 2.25. The van der Waals surface area contributed by atoms with Gasteiger partial charge in [0.2, 0.25) is 11.8 Å². The van der Waals surface area contributed by atoms with E-state index in [0.717, 1.165) is 5.56 Å². The number of benzene rings is 1. The fourth-order valence-electron chi connectivity index (χ4n) is 1.24. The molecular weight excluding hydrogens is 254 g/mol. The van der Waals surface area contributed by atoms with Gasteiger partial charge >= 0.3 is 0 Å². The van der Waals surface area contributed by atoms with Gasteiger partial charge in [0.25, 0.3) is 0 Å². The van der Waals surface area contributed by atoms with Crippen LogP contribution in [0.5, 0.6) is 0 Å². The number of primary amides is 1. The molecule has 2 amide bonds. The molecule has 0 aromatic heterocycles. The molecule has 1 aromatic rings. The Morgan fingerprint density at radius 1 is 1.33 bits per heavy atom. The van der Waals surface area contributed by atoms with Crippen LogP contribution in [0, 0.1) is 0 Å². The molecule has 0 fully saturated rings. The molecule has 0 spiro atoms. The molecule has 0 aliphatic rings. The molecule has 5 nitrogen and oxygen atoms in total. The molecule has 18 heavy (non-hydrogen) atoms. The van der Waals surface area contributed by atoms with Crippen LogP contribution in [0.3, 0.4) is 0 Å². The van der Waals surface area contributed by atoms with Crippen molar-refractivity contribution in [1.82, 2.24) is 5.32 Å². The average molecular weight is 272 g/mol. The van der Waals surface area contributed by atoms with Crippen molar-refractivity contribution in [3.8, 4) is 0 Å². The number of halogens is 1. The van der Waals surface area contributed by atoms with E-state index >= 15 is 0 Å². The molecule has 5 N–H and O–H groups in total. The monoisotopic (exact) mass is 271 g/mol. The van der Waals surface area contributed by atoms with Crippen molar-refractivity contribution in [3.63, 3.8) is 0 Å². The summed E-state index contributed by atoms with van der Waals surface area (Å²) in [5.41, 5.74) is 11.1. The second kappa shape index (κ2) is 6.37. The maximum Gasteiger partial charge on any atom is 0.248 e. The largest absolute Gasteiger partial charge is 0.366 e. The first-order valence-electron chi connectivity index (χ1n) is 5.26. The van der Waals surface area contributed by atoms with Crippen LogP contribution in [0.4, 0.5) is 0 Å². The molecule has 0 radical (unpaired) electrons. The summed E-state index contributed by atoms with van der Waals surface area (Å²) in [4.78, 5) is 22.5. The van der Waals surface area contributed by atoms with Gasteiger partial charge in [0.1, 0.15) is 0 Å². The normalized spacial score (nSPS) is 10.4. The lowest BCUT2D eigenvalue weighted by Gasteiger charge is -2.17. The molecule has 0 unspecified atom stereocenters. The molecular formula is C12H18ClN3O2. The van der Waals surface area contributed by atoms with E-state index in [4.69, 9.17) is 11.5 Å². The van der Waals surface area contributed by atoms with Crippen molar-refractivity contribution < 1.29 is 9.59 Å². The molecule has 0 bridgehead atoms. The highest BCUT2D eigenvalue weighted by Crippen LogP contribution is 2.05. The van der Waals surface area contributed by atoms with Gasteiger partial charge in [0.15, 0.2) is 0 Å². The van der Waals surface area contributed by atoms with Crippen molar-refractivity contribution in [2.24, 2.45) is 11.5 Å². The van der Waals surface area contributed by atoms with Gasteiger partial charge in [-0.2, -0.15) is 0 Å². The number of hydrogen-bond donors (Lipinski definition) is 3. The summed E-state index contributed by atoms with van der Waals surface area (Å²) < 4.78 is 0. The number of amides is 2. The Morgan fingerprint density at radius 3 is 2.44 bits per heavy atom. The molecule has 0 saturated carbocycles. The summed E-state index contributed by atoms with van der Waals surface area (Å²) in [6.07, 6.45) is 0. The van der Waals surface area contributed by atoms with Crippen molar-refractivity contribution >= 4 is 24.2 Å². The smallest absolute Gasteiger partial charge is 0.248 e. The van der Waals surface area contributed by atoms with Crippen molar-refractivity contribution in [2.45, 2.75) is 25.9 Å². The highest BCUT2D eigenvalue weighted by Gasteiger charge is 2.21. The minimum Gasteiger partial charge on any atom is -0.366 e. The van der Waals surface area contributed by atoms with Crippen LogP contribution in [0.2, 0.25) is 0 Å². The Balaban J connectivity index is 0.00000289. The second-order valence-corrected chi connectivity index (χ2v) is 4.47. The Bertz CT molecular complexity index is 441. The zero-order valence-electron chi connectivity index (χ0n) is 10.4. The SMILES string of the molecule is CC(C)(N)C(=O)NCc1cccc(C(N)=O)c1.Cl. The fourth-order valence-corrected chi connectivity index (χ4v) is 1.24. The van der Waals surface area contributed by atoms with Gasteiger partial charge < -0.3 is 16.8 Å². The van der Waals surface area contributed by atoms with E-state index in [1.54, 1.807) is 38.1 Å². The van der Waals surface area contributed by atoms with Crippen LogP contribution in [-0.4, -0.2) is 17.4 Å². The van der Waals surface area contributed by atoms with Crippen LogP contribution in [0.25, 0.3) is 0 Å². The van der Waals surface area contributed by atoms with E-state index in [1.165, 1.54) is 0 Å². The van der Waals surface area contributed by atoms with Gasteiger partial charge in [0, 0.05) is 12.1 Å². The van der Waals surface area contributed by atoms with Crippen LogP contribution >= 0.6 is 12.4 Å². The molecule has 1 rings (SSSR count). The van der Waals surface area contributed by atoms with Crippen LogP contribution in [0.1, 0.15) is 29.8 Å². The molecule has 0 atom stereocenters. The Labute approximate surface area is 112 Å². The van der Waals surface area contributed by atoms with Gasteiger partial charge in [-0.25, -0.2) is 0 Å². The second-order valence-electron chi connectivity index (χ2n) is 4.47. The Kier molecular flexibility index (Phi) is 5.81. The third-order valence-electron chi connectivity index (χ3n) is 2.25. The lowest BCUT2D eigenvalue weighted by atomic mass is 10.1. The predicted octanol–water partition coefficient (Wildman–Crippen LogP) is 0.561. The first kappa shape index (κ1) is 16.4. The molecule has 100 valence electrons. The maximum atomic E-state index is 11.5. The van der Waals surface area contributed by atoms with Gasteiger partial charge in [-0.15, -0.1) is 12.4 Å². The first-order valence-corrected chi connectivity index (χ1v) is 5.26. The van der Waals surface area contributed by atoms with Crippen molar-refractivity contribution in [1.29, 1.82) is 0 Å². The predicted molar refractivity (Wildman–Crippen MR) is 72.3 cm³/mol. The van der Waals surface area contributed by atoms with E-state index in [9.17, 15) is 9.59 Å². The highest BCUT2D eigenvalue weighted by molar-refractivity contribution is 5.93. The zero-order valence-corrected chi connectivity index (χ0v) is 11.2. The third-order valence-corrected chi connectivity index (χ3v) is 2.25. The number of carbonyl (C=O) groups excluding carboxylic acids is 2. The van der Waals surface area contributed by atoms with Crippen molar-refractivity contribution in [3.05, 3.63) is 35.4 Å². The molecule has 0 aliphatic heterocycles. The Morgan fingerprint density at radius 2 is 1.94 bits per heavy atom. The number of nitrogens with one attached hydrogen (secondary N) is 1. The first-order chi connectivity index (χ1) is 7.80. The minimum atomic E-state index is -0.915. The summed E-state index contributed by atoms with van der Waals surface area (Å²) in [7, 11) is 0. The Hall–Kier alpha value is -1.59. The van der Waals surface area contributed by atoms with Gasteiger partial charge in [-0.1, -0.05) is 12.1 Å². The van der Waals surface area contributed by atoms with E-state index in [-0.39, 0.29) is 18.3 Å². The van der Waals surface area contributed by atoms with Gasteiger partial charge in [-0.05, 0) is 31.5 Å². The number of rotatable bonds is 4. The molecule has 1 aromatic carbocycles. The molecule has 0 heterocycles. The third kappa shape index (κ3) is 4.73. The zero-order chi connectivity index (χ0) is 13.1. The van der Waals surface area contributed by atoms with E-state index in [0.29, 0.717) is 12.1 Å². The summed E-state index contributed by atoms with van der Waals surface area (Å²) in [6, 6.07) is 6.79. The van der Waals surface area contributed by atoms with E-state index in [2.05, 4.69) is 5.32 Å². The fraction of sp³-hybridized carbons (Fsp3) is 0.333. The van der Waals surface area contributed by atoms with E-state index < -0.39 is 11.4 Å². The summed E-state index contributed by atoms with van der Waals surface area (Å²) in [5.74, 6) is -0.737. The summed E-state index contributed by atoms with van der Waals surface area (Å²) in [5, 5.41) is 2.69. The molecule has 6 heteroatoms. The van der Waals surface area contributed by atoms with Crippen LogP contribution in [0.15, 0.2) is 24.3 Å². The molecule has 0 aliphatic carbocycles. The van der Waals surface area contributed by atoms with Gasteiger partial charge in [0.05, 0.1) is 5.54 Å². The summed E-state index contributed by atoms with van der Waals surface area (Å²) in [6.45, 7) is 3.57.